The lowest BCUT2D eigenvalue weighted by Gasteiger charge is -2.20. The van der Waals surface area contributed by atoms with E-state index in [0.29, 0.717) is 0 Å². The highest BCUT2D eigenvalue weighted by Crippen LogP contribution is 2.21. The van der Waals surface area contributed by atoms with Crippen LogP contribution in [-0.2, 0) is 6.54 Å². The van der Waals surface area contributed by atoms with Crippen LogP contribution in [0.25, 0.3) is 0 Å². The molecule has 3 nitrogen and oxygen atoms in total. The largest absolute Gasteiger partial charge is 0.322 e. The first-order valence-electron chi connectivity index (χ1n) is 6.99. The lowest BCUT2D eigenvalue weighted by Crippen LogP contribution is -2.23. The zero-order chi connectivity index (χ0) is 15.2. The smallest absolute Gasteiger partial charge is 0.256 e. The standard InChI is InChI=1S/C16H19IN2OS/c1-3-19(4-2)10-12-7-5-6-8-14(12)18-16(20)13-9-15(17)21-11-13/h5-9,11H,3-4,10H2,1-2H3,(H,18,20). The first-order chi connectivity index (χ1) is 10.1. The molecule has 1 heterocycles. The topological polar surface area (TPSA) is 32.3 Å². The van der Waals surface area contributed by atoms with Crippen LogP contribution in [0.15, 0.2) is 35.7 Å². The van der Waals surface area contributed by atoms with Crippen molar-refractivity contribution in [3.63, 3.8) is 0 Å². The lowest BCUT2D eigenvalue weighted by atomic mass is 10.1. The van der Waals surface area contributed by atoms with Crippen LogP contribution in [0.5, 0.6) is 0 Å². The van der Waals surface area contributed by atoms with Gasteiger partial charge >= 0.3 is 0 Å². The molecule has 0 saturated heterocycles. The molecule has 0 bridgehead atoms. The molecule has 0 aliphatic carbocycles. The number of hydrogen-bond donors (Lipinski definition) is 1. The van der Waals surface area contributed by atoms with Crippen LogP contribution in [0.3, 0.4) is 0 Å². The van der Waals surface area contributed by atoms with Gasteiger partial charge in [-0.2, -0.15) is 0 Å². The van der Waals surface area contributed by atoms with E-state index in [1.54, 1.807) is 11.3 Å². The molecule has 21 heavy (non-hydrogen) atoms. The average molecular weight is 414 g/mol. The maximum Gasteiger partial charge on any atom is 0.256 e. The van der Waals surface area contributed by atoms with Crippen LogP contribution in [0.1, 0.15) is 29.8 Å². The van der Waals surface area contributed by atoms with E-state index in [1.165, 1.54) is 0 Å². The summed E-state index contributed by atoms with van der Waals surface area (Å²) in [5.41, 5.74) is 2.78. The molecule has 5 heteroatoms. The Morgan fingerprint density at radius 1 is 1.29 bits per heavy atom. The number of nitrogens with one attached hydrogen (secondary N) is 1. The summed E-state index contributed by atoms with van der Waals surface area (Å²) in [5.74, 6) is -0.0406. The SMILES string of the molecule is CCN(CC)Cc1ccccc1NC(=O)c1csc(I)c1. The predicted octanol–water partition coefficient (Wildman–Crippen LogP) is 4.45. The van der Waals surface area contributed by atoms with Gasteiger partial charge in [0.1, 0.15) is 0 Å². The molecule has 2 aromatic rings. The Morgan fingerprint density at radius 2 is 2.00 bits per heavy atom. The van der Waals surface area contributed by atoms with Crippen molar-refractivity contribution in [3.8, 4) is 0 Å². The van der Waals surface area contributed by atoms with Crippen LogP contribution in [-0.4, -0.2) is 23.9 Å². The van der Waals surface area contributed by atoms with Crippen molar-refractivity contribution in [1.29, 1.82) is 0 Å². The Hall–Kier alpha value is -0.920. The number of rotatable bonds is 6. The maximum atomic E-state index is 12.3. The first kappa shape index (κ1) is 16.5. The molecular weight excluding hydrogens is 395 g/mol. The number of thiophene rings is 1. The van der Waals surface area contributed by atoms with Crippen LogP contribution >= 0.6 is 33.9 Å². The van der Waals surface area contributed by atoms with E-state index in [2.05, 4.69) is 52.7 Å². The van der Waals surface area contributed by atoms with Gasteiger partial charge in [0.2, 0.25) is 0 Å². The Kier molecular flexibility index (Phi) is 6.20. The van der Waals surface area contributed by atoms with Crippen molar-refractivity contribution >= 4 is 45.5 Å². The molecule has 2 rings (SSSR count). The van der Waals surface area contributed by atoms with Crippen molar-refractivity contribution in [2.45, 2.75) is 20.4 Å². The molecule has 112 valence electrons. The van der Waals surface area contributed by atoms with Crippen molar-refractivity contribution < 1.29 is 4.79 Å². The number of para-hydroxylation sites is 1. The molecule has 0 aliphatic rings. The van der Waals surface area contributed by atoms with Crippen molar-refractivity contribution in [2.75, 3.05) is 18.4 Å². The second kappa shape index (κ2) is 7.91. The molecule has 1 amide bonds. The monoisotopic (exact) mass is 414 g/mol. The summed E-state index contributed by atoms with van der Waals surface area (Å²) in [6.07, 6.45) is 0. The molecule has 1 aromatic carbocycles. The van der Waals surface area contributed by atoms with Crippen LogP contribution < -0.4 is 5.32 Å². The van der Waals surface area contributed by atoms with Gasteiger partial charge in [0.05, 0.1) is 8.45 Å². The first-order valence-corrected chi connectivity index (χ1v) is 8.95. The van der Waals surface area contributed by atoms with Crippen LogP contribution in [0, 0.1) is 2.88 Å². The van der Waals surface area contributed by atoms with E-state index in [9.17, 15) is 4.79 Å². The number of carbonyl (C=O) groups is 1. The highest BCUT2D eigenvalue weighted by Gasteiger charge is 2.11. The van der Waals surface area contributed by atoms with Gasteiger partial charge in [0.15, 0.2) is 0 Å². The van der Waals surface area contributed by atoms with Crippen LogP contribution in [0.2, 0.25) is 0 Å². The second-order valence-corrected chi connectivity index (χ2v) is 7.52. The third-order valence-electron chi connectivity index (χ3n) is 3.38. The summed E-state index contributed by atoms with van der Waals surface area (Å²) in [7, 11) is 0. The van der Waals surface area contributed by atoms with E-state index in [0.717, 1.165) is 39.3 Å². The van der Waals surface area contributed by atoms with Gasteiger partial charge in [-0.3, -0.25) is 9.69 Å². The fraction of sp³-hybridized carbons (Fsp3) is 0.312. The lowest BCUT2D eigenvalue weighted by molar-refractivity contribution is 0.102. The number of carbonyl (C=O) groups excluding carboxylic acids is 1. The summed E-state index contributed by atoms with van der Waals surface area (Å²) in [6.45, 7) is 7.16. The van der Waals surface area contributed by atoms with Gasteiger partial charge in [-0.25, -0.2) is 0 Å². The minimum absolute atomic E-state index is 0.0406. The molecule has 0 spiro atoms. The Morgan fingerprint density at radius 3 is 2.62 bits per heavy atom. The molecule has 0 fully saturated rings. The number of nitrogens with zero attached hydrogens (tertiary/aromatic N) is 1. The van der Waals surface area contributed by atoms with Gasteiger partial charge in [-0.15, -0.1) is 11.3 Å². The summed E-state index contributed by atoms with van der Waals surface area (Å²) < 4.78 is 1.12. The fourth-order valence-electron chi connectivity index (χ4n) is 2.09. The van der Waals surface area contributed by atoms with Crippen LogP contribution in [0.4, 0.5) is 5.69 Å². The van der Waals surface area contributed by atoms with Gasteiger partial charge in [0.25, 0.3) is 5.91 Å². The predicted molar refractivity (Wildman–Crippen MR) is 98.1 cm³/mol. The normalized spacial score (nSPS) is 10.9. The van der Waals surface area contributed by atoms with E-state index in [-0.39, 0.29) is 5.91 Å². The molecular formula is C16H19IN2OS. The summed E-state index contributed by atoms with van der Waals surface area (Å²) in [4.78, 5) is 14.6. The Balaban J connectivity index is 2.14. The molecule has 1 aromatic heterocycles. The Labute approximate surface area is 143 Å². The van der Waals surface area contributed by atoms with Crippen molar-refractivity contribution in [2.24, 2.45) is 0 Å². The van der Waals surface area contributed by atoms with E-state index >= 15 is 0 Å². The zero-order valence-corrected chi connectivity index (χ0v) is 15.2. The number of benzene rings is 1. The number of halogens is 1. The number of hydrogen-bond acceptors (Lipinski definition) is 3. The van der Waals surface area contributed by atoms with Gasteiger partial charge in [0, 0.05) is 17.6 Å². The Bertz CT molecular complexity index is 608. The van der Waals surface area contributed by atoms with E-state index in [1.807, 2.05) is 29.6 Å². The van der Waals surface area contributed by atoms with Crippen molar-refractivity contribution in [3.05, 3.63) is 49.7 Å². The molecule has 0 radical (unpaired) electrons. The number of anilines is 1. The molecule has 0 unspecified atom stereocenters. The van der Waals surface area contributed by atoms with Gasteiger partial charge < -0.3 is 5.32 Å². The summed E-state index contributed by atoms with van der Waals surface area (Å²) >= 11 is 3.81. The maximum absolute atomic E-state index is 12.3. The number of amides is 1. The summed E-state index contributed by atoms with van der Waals surface area (Å²) in [5, 5.41) is 4.92. The average Bonchev–Trinajstić information content (AvgIpc) is 2.93. The minimum atomic E-state index is -0.0406. The fourth-order valence-corrected chi connectivity index (χ4v) is 3.42. The zero-order valence-electron chi connectivity index (χ0n) is 12.2. The molecule has 0 atom stereocenters. The summed E-state index contributed by atoms with van der Waals surface area (Å²) in [6, 6.07) is 9.92. The highest BCUT2D eigenvalue weighted by molar-refractivity contribution is 14.1. The van der Waals surface area contributed by atoms with E-state index < -0.39 is 0 Å². The van der Waals surface area contributed by atoms with Crippen molar-refractivity contribution in [1.82, 2.24) is 4.90 Å². The third kappa shape index (κ3) is 4.52. The molecule has 0 saturated carbocycles. The minimum Gasteiger partial charge on any atom is -0.322 e. The third-order valence-corrected chi connectivity index (χ3v) is 5.17. The van der Waals surface area contributed by atoms with Gasteiger partial charge in [-0.1, -0.05) is 32.0 Å². The second-order valence-electron chi connectivity index (χ2n) is 4.71. The molecule has 1 N–H and O–H groups in total. The molecule has 0 aliphatic heterocycles. The highest BCUT2D eigenvalue weighted by atomic mass is 127. The quantitative estimate of drug-likeness (QED) is 0.709. The van der Waals surface area contributed by atoms with Gasteiger partial charge in [-0.05, 0) is 53.4 Å². The van der Waals surface area contributed by atoms with E-state index in [4.69, 9.17) is 0 Å².